The number of hydrogen-bond acceptors (Lipinski definition) is 0. The zero-order valence-electron chi connectivity index (χ0n) is 18.1. The minimum atomic E-state index is 0.722. The smallest absolute Gasteiger partial charge is 0.0112 e. The van der Waals surface area contributed by atoms with Gasteiger partial charge in [-0.2, -0.15) is 0 Å². The Labute approximate surface area is 154 Å². The Kier molecular flexibility index (Phi) is 24.9. The van der Waals surface area contributed by atoms with Crippen molar-refractivity contribution in [3.05, 3.63) is 0 Å². The van der Waals surface area contributed by atoms with E-state index in [1.807, 2.05) is 13.8 Å². The zero-order chi connectivity index (χ0) is 19.4. The Morgan fingerprint density at radius 2 is 0.625 bits per heavy atom. The molecule has 0 aliphatic heterocycles. The van der Waals surface area contributed by atoms with E-state index in [-0.39, 0.29) is 0 Å². The Morgan fingerprint density at radius 1 is 0.417 bits per heavy atom. The highest BCUT2D eigenvalue weighted by molar-refractivity contribution is 4.99. The first-order chi connectivity index (χ1) is 11.2. The van der Waals surface area contributed by atoms with Gasteiger partial charge in [0.2, 0.25) is 0 Å². The Bertz CT molecular complexity index is 376. The predicted molar refractivity (Wildman–Crippen MR) is 112 cm³/mol. The van der Waals surface area contributed by atoms with E-state index in [9.17, 15) is 0 Å². The minimum absolute atomic E-state index is 0.722. The average molecular weight is 331 g/mol. The van der Waals surface area contributed by atoms with E-state index in [0.717, 1.165) is 49.4 Å². The third-order valence-electron chi connectivity index (χ3n) is 2.52. The molecule has 138 valence electrons. The van der Waals surface area contributed by atoms with Crippen LogP contribution in [0.15, 0.2) is 0 Å². The summed E-state index contributed by atoms with van der Waals surface area (Å²) < 4.78 is 0. The molecular weight excluding hydrogens is 288 g/mol. The molecule has 0 saturated carbocycles. The molecule has 0 saturated heterocycles. The van der Waals surface area contributed by atoms with Crippen LogP contribution >= 0.6 is 0 Å². The van der Waals surface area contributed by atoms with Gasteiger partial charge in [0.25, 0.3) is 0 Å². The summed E-state index contributed by atoms with van der Waals surface area (Å²) in [5, 5.41) is 0. The Balaban J connectivity index is -0.000000283. The number of rotatable bonds is 4. The van der Waals surface area contributed by atoms with E-state index in [1.165, 1.54) is 0 Å². The summed E-state index contributed by atoms with van der Waals surface area (Å²) in [5.41, 5.74) is 0. The van der Waals surface area contributed by atoms with E-state index in [4.69, 9.17) is 0 Å². The highest BCUT2D eigenvalue weighted by Crippen LogP contribution is 1.99. The van der Waals surface area contributed by atoms with E-state index in [2.05, 4.69) is 90.9 Å². The fourth-order valence-electron chi connectivity index (χ4n) is 1.16. The van der Waals surface area contributed by atoms with Crippen LogP contribution in [-0.4, -0.2) is 0 Å². The lowest BCUT2D eigenvalue weighted by Gasteiger charge is -1.95. The van der Waals surface area contributed by atoms with Crippen molar-refractivity contribution in [1.29, 1.82) is 0 Å². The molecule has 0 atom stereocenters. The first kappa shape index (κ1) is 27.5. The molecule has 0 aliphatic rings. The van der Waals surface area contributed by atoms with E-state index in [1.54, 1.807) is 0 Å². The van der Waals surface area contributed by atoms with E-state index >= 15 is 0 Å². The molecule has 0 rings (SSSR count). The predicted octanol–water partition coefficient (Wildman–Crippen LogP) is 7.19. The van der Waals surface area contributed by atoms with E-state index < -0.39 is 0 Å². The van der Waals surface area contributed by atoms with Gasteiger partial charge in [0, 0.05) is 25.7 Å². The first-order valence-electron chi connectivity index (χ1n) is 9.42. The van der Waals surface area contributed by atoms with Crippen molar-refractivity contribution in [2.45, 2.75) is 94.9 Å². The van der Waals surface area contributed by atoms with Crippen molar-refractivity contribution in [2.24, 2.45) is 23.7 Å². The fourth-order valence-corrected chi connectivity index (χ4v) is 1.16. The van der Waals surface area contributed by atoms with Crippen LogP contribution in [0.3, 0.4) is 0 Å². The topological polar surface area (TPSA) is 0 Å². The first-order valence-corrected chi connectivity index (χ1v) is 9.42. The second-order valence-corrected chi connectivity index (χ2v) is 7.60. The minimum Gasteiger partial charge on any atom is -0.107 e. The molecule has 0 aliphatic carbocycles. The second-order valence-electron chi connectivity index (χ2n) is 7.60. The summed E-state index contributed by atoms with van der Waals surface area (Å²) in [6.07, 6.45) is 4.17. The van der Waals surface area contributed by atoms with Gasteiger partial charge in [0.1, 0.15) is 0 Å². The van der Waals surface area contributed by atoms with Gasteiger partial charge in [-0.15, -0.1) is 35.5 Å². The molecule has 0 spiro atoms. The van der Waals surface area contributed by atoms with Crippen LogP contribution in [0, 0.1) is 59.2 Å². The number of hydrogen-bond donors (Lipinski definition) is 0. The van der Waals surface area contributed by atoms with Crippen LogP contribution in [-0.2, 0) is 0 Å². The van der Waals surface area contributed by atoms with Gasteiger partial charge in [-0.1, -0.05) is 55.4 Å². The lowest BCUT2D eigenvalue weighted by molar-refractivity contribution is 0.663. The van der Waals surface area contributed by atoms with Crippen LogP contribution in [0.1, 0.15) is 94.9 Å². The summed E-state index contributed by atoms with van der Waals surface area (Å²) in [6.45, 7) is 21.2. The molecule has 24 heavy (non-hydrogen) atoms. The molecule has 0 amide bonds. The van der Waals surface area contributed by atoms with Crippen LogP contribution in [0.2, 0.25) is 0 Å². The van der Waals surface area contributed by atoms with Gasteiger partial charge in [-0.3, -0.25) is 0 Å². The highest BCUT2D eigenvalue weighted by atomic mass is 13.9. The summed E-state index contributed by atoms with van der Waals surface area (Å²) in [5.74, 6) is 20.9. The molecule has 0 bridgehead atoms. The SMILES string of the molecule is CC#CCC(C)C.CC#CCC(C)C.CC(C)CC#CCC(C)C. The molecule has 0 N–H and O–H groups in total. The highest BCUT2D eigenvalue weighted by Gasteiger charge is 1.88. The molecule has 0 fully saturated rings. The van der Waals surface area contributed by atoms with Gasteiger partial charge < -0.3 is 0 Å². The second kappa shape index (κ2) is 21.7. The van der Waals surface area contributed by atoms with Gasteiger partial charge in [0.15, 0.2) is 0 Å². The lowest BCUT2D eigenvalue weighted by atomic mass is 10.1. The largest absolute Gasteiger partial charge is 0.107 e. The quantitative estimate of drug-likeness (QED) is 0.478. The normalized spacial score (nSPS) is 8.75. The Morgan fingerprint density at radius 3 is 0.750 bits per heavy atom. The molecule has 0 aromatic carbocycles. The maximum Gasteiger partial charge on any atom is 0.0112 e. The maximum atomic E-state index is 3.17. The summed E-state index contributed by atoms with van der Waals surface area (Å²) in [7, 11) is 0. The lowest BCUT2D eigenvalue weighted by Crippen LogP contribution is -1.84. The third-order valence-corrected chi connectivity index (χ3v) is 2.52. The standard InChI is InChI=1S/C10H18.2C7H12/c1-9(2)7-5-6-8-10(3)4;2*1-4-5-6-7(2)3/h9-10H,7-8H2,1-4H3;2*7H,6H2,1-3H3. The van der Waals surface area contributed by atoms with Crippen molar-refractivity contribution in [3.8, 4) is 35.5 Å². The van der Waals surface area contributed by atoms with Gasteiger partial charge in [-0.05, 0) is 37.5 Å². The summed E-state index contributed by atoms with van der Waals surface area (Å²) in [6, 6.07) is 0. The van der Waals surface area contributed by atoms with Crippen molar-refractivity contribution in [2.75, 3.05) is 0 Å². The zero-order valence-corrected chi connectivity index (χ0v) is 18.1. The van der Waals surface area contributed by atoms with Gasteiger partial charge in [0.05, 0.1) is 0 Å². The molecule has 0 heterocycles. The van der Waals surface area contributed by atoms with Crippen LogP contribution in [0.25, 0.3) is 0 Å². The summed E-state index contributed by atoms with van der Waals surface area (Å²) in [4.78, 5) is 0. The monoisotopic (exact) mass is 330 g/mol. The fraction of sp³-hybridized carbons (Fsp3) is 0.750. The van der Waals surface area contributed by atoms with Crippen molar-refractivity contribution < 1.29 is 0 Å². The van der Waals surface area contributed by atoms with Crippen LogP contribution in [0.5, 0.6) is 0 Å². The van der Waals surface area contributed by atoms with Crippen LogP contribution < -0.4 is 0 Å². The molecule has 0 nitrogen and oxygen atoms in total. The van der Waals surface area contributed by atoms with Crippen molar-refractivity contribution in [3.63, 3.8) is 0 Å². The molecule has 0 radical (unpaired) electrons. The van der Waals surface area contributed by atoms with Crippen molar-refractivity contribution >= 4 is 0 Å². The summed E-state index contributed by atoms with van der Waals surface area (Å²) >= 11 is 0. The van der Waals surface area contributed by atoms with Gasteiger partial charge >= 0.3 is 0 Å². The maximum absolute atomic E-state index is 3.17. The third kappa shape index (κ3) is 42.8. The molecule has 0 unspecified atom stereocenters. The molecular formula is C24H42. The molecule has 0 heteroatoms. The van der Waals surface area contributed by atoms with Crippen molar-refractivity contribution in [1.82, 2.24) is 0 Å². The average Bonchev–Trinajstić information content (AvgIpc) is 2.48. The van der Waals surface area contributed by atoms with Gasteiger partial charge in [-0.25, -0.2) is 0 Å². The van der Waals surface area contributed by atoms with E-state index in [0.29, 0.717) is 0 Å². The van der Waals surface area contributed by atoms with Crippen LogP contribution in [0.4, 0.5) is 0 Å². The molecule has 0 aromatic heterocycles. The molecule has 0 aromatic rings. The Hall–Kier alpha value is -1.32.